The Labute approximate surface area is 130 Å². The van der Waals surface area contributed by atoms with E-state index < -0.39 is 0 Å². The molecule has 0 fully saturated rings. The quantitative estimate of drug-likeness (QED) is 0.774. The zero-order chi connectivity index (χ0) is 14.8. The van der Waals surface area contributed by atoms with E-state index in [4.69, 9.17) is 5.73 Å². The highest BCUT2D eigenvalue weighted by Crippen LogP contribution is 2.32. The topological polar surface area (TPSA) is 68.0 Å². The summed E-state index contributed by atoms with van der Waals surface area (Å²) in [4.78, 5) is 19.4. The average Bonchev–Trinajstić information content (AvgIpc) is 3.10. The number of nitrogen functional groups attached to an aromatic ring is 1. The van der Waals surface area contributed by atoms with Crippen LogP contribution in [0.4, 0.5) is 5.69 Å². The van der Waals surface area contributed by atoms with Crippen molar-refractivity contribution in [2.75, 3.05) is 5.73 Å². The number of nitrogens with two attached hydrogens (primary N) is 1. The molecule has 3 N–H and O–H groups in total. The summed E-state index contributed by atoms with van der Waals surface area (Å²) in [6.45, 7) is 2.66. The molecule has 0 saturated carbocycles. The number of hydrogen-bond acceptors (Lipinski definition) is 5. The first-order valence-corrected chi connectivity index (χ1v) is 8.30. The largest absolute Gasteiger partial charge is 0.397 e. The second kappa shape index (κ2) is 5.83. The smallest absolute Gasteiger partial charge is 0.263 e. The standard InChI is InChI=1S/C15H15N3OS2/c1-2-9-3-4-10(20-9)7-18-15(19)14-13(16)11-5-6-17-8-12(11)21-14/h3-6,8H,2,7,16H2,1H3,(H,18,19). The van der Waals surface area contributed by atoms with Crippen LogP contribution in [0.1, 0.15) is 26.3 Å². The number of rotatable bonds is 4. The Morgan fingerprint density at radius 3 is 2.81 bits per heavy atom. The SMILES string of the molecule is CCc1ccc(CNC(=O)c2sc3cnccc3c2N)s1. The van der Waals surface area contributed by atoms with E-state index in [-0.39, 0.29) is 5.91 Å². The molecule has 1 amide bonds. The fourth-order valence-electron chi connectivity index (χ4n) is 2.09. The molecule has 3 rings (SSSR count). The minimum absolute atomic E-state index is 0.125. The highest BCUT2D eigenvalue weighted by Gasteiger charge is 2.16. The van der Waals surface area contributed by atoms with Gasteiger partial charge in [-0.1, -0.05) is 6.92 Å². The van der Waals surface area contributed by atoms with E-state index in [0.717, 1.165) is 21.4 Å². The molecule has 0 atom stereocenters. The molecule has 0 aliphatic rings. The van der Waals surface area contributed by atoms with Gasteiger partial charge in [0.15, 0.2) is 0 Å². The molecular weight excluding hydrogens is 302 g/mol. The number of aryl methyl sites for hydroxylation is 1. The minimum Gasteiger partial charge on any atom is -0.397 e. The van der Waals surface area contributed by atoms with E-state index in [0.29, 0.717) is 17.1 Å². The van der Waals surface area contributed by atoms with Gasteiger partial charge in [0.2, 0.25) is 0 Å². The Morgan fingerprint density at radius 2 is 2.10 bits per heavy atom. The molecule has 0 aliphatic heterocycles. The zero-order valence-corrected chi connectivity index (χ0v) is 13.2. The fourth-order valence-corrected chi connectivity index (χ4v) is 4.00. The van der Waals surface area contributed by atoms with E-state index in [1.54, 1.807) is 23.7 Å². The summed E-state index contributed by atoms with van der Waals surface area (Å²) in [6, 6.07) is 6.00. The molecule has 0 spiro atoms. The van der Waals surface area contributed by atoms with Gasteiger partial charge in [0.05, 0.1) is 16.9 Å². The number of aromatic nitrogens is 1. The monoisotopic (exact) mass is 317 g/mol. The van der Waals surface area contributed by atoms with Crippen molar-refractivity contribution in [1.29, 1.82) is 0 Å². The van der Waals surface area contributed by atoms with Crippen LogP contribution >= 0.6 is 22.7 Å². The van der Waals surface area contributed by atoms with E-state index >= 15 is 0 Å². The average molecular weight is 317 g/mol. The summed E-state index contributed by atoms with van der Waals surface area (Å²) in [5.74, 6) is -0.125. The Morgan fingerprint density at radius 1 is 1.29 bits per heavy atom. The van der Waals surface area contributed by atoms with Gasteiger partial charge in [0, 0.05) is 27.5 Å². The van der Waals surface area contributed by atoms with Gasteiger partial charge in [-0.25, -0.2) is 0 Å². The van der Waals surface area contributed by atoms with Gasteiger partial charge in [-0.05, 0) is 24.6 Å². The van der Waals surface area contributed by atoms with Gasteiger partial charge >= 0.3 is 0 Å². The van der Waals surface area contributed by atoms with Gasteiger partial charge < -0.3 is 11.1 Å². The molecular formula is C15H15N3OS2. The van der Waals surface area contributed by atoms with Crippen LogP contribution in [-0.2, 0) is 13.0 Å². The number of pyridine rings is 1. The number of fused-ring (bicyclic) bond motifs is 1. The Balaban J connectivity index is 1.76. The summed E-state index contributed by atoms with van der Waals surface area (Å²) in [5, 5.41) is 3.83. The Bertz CT molecular complexity index is 791. The molecule has 0 aromatic carbocycles. The molecule has 6 heteroatoms. The number of carbonyl (C=O) groups excluding carboxylic acids is 1. The fraction of sp³-hybridized carbons (Fsp3) is 0.200. The summed E-state index contributed by atoms with van der Waals surface area (Å²) in [5.41, 5.74) is 6.60. The first-order chi connectivity index (χ1) is 10.2. The maximum Gasteiger partial charge on any atom is 0.263 e. The highest BCUT2D eigenvalue weighted by atomic mass is 32.1. The van der Waals surface area contributed by atoms with Crippen molar-refractivity contribution in [3.8, 4) is 0 Å². The second-order valence-corrected chi connectivity index (χ2v) is 6.93. The molecule has 21 heavy (non-hydrogen) atoms. The summed E-state index contributed by atoms with van der Waals surface area (Å²) in [7, 11) is 0. The van der Waals surface area contributed by atoms with Crippen LogP contribution < -0.4 is 11.1 Å². The summed E-state index contributed by atoms with van der Waals surface area (Å²) >= 11 is 3.11. The third-order valence-electron chi connectivity index (χ3n) is 3.23. The summed E-state index contributed by atoms with van der Waals surface area (Å²) < 4.78 is 0.935. The van der Waals surface area contributed by atoms with Gasteiger partial charge in [0.25, 0.3) is 5.91 Å². The number of nitrogens with zero attached hydrogens (tertiary/aromatic N) is 1. The third-order valence-corrected chi connectivity index (χ3v) is 5.61. The van der Waals surface area contributed by atoms with Crippen LogP contribution in [-0.4, -0.2) is 10.9 Å². The summed E-state index contributed by atoms with van der Waals surface area (Å²) in [6.07, 6.45) is 4.44. The molecule has 0 saturated heterocycles. The van der Waals surface area contributed by atoms with Crippen LogP contribution in [0.15, 0.2) is 30.6 Å². The lowest BCUT2D eigenvalue weighted by atomic mass is 10.2. The van der Waals surface area contributed by atoms with Crippen LogP contribution in [0, 0.1) is 0 Å². The van der Waals surface area contributed by atoms with Gasteiger partial charge in [-0.3, -0.25) is 9.78 Å². The second-order valence-electron chi connectivity index (χ2n) is 4.62. The zero-order valence-electron chi connectivity index (χ0n) is 11.6. The first-order valence-electron chi connectivity index (χ1n) is 6.66. The molecule has 3 heterocycles. The van der Waals surface area contributed by atoms with Crippen LogP contribution in [0.25, 0.3) is 10.1 Å². The number of nitrogens with one attached hydrogen (secondary N) is 1. The van der Waals surface area contributed by atoms with E-state index in [1.807, 2.05) is 6.07 Å². The van der Waals surface area contributed by atoms with Crippen molar-refractivity contribution in [3.63, 3.8) is 0 Å². The molecule has 3 aromatic rings. The number of carbonyl (C=O) groups is 1. The maximum atomic E-state index is 12.3. The van der Waals surface area contributed by atoms with Crippen molar-refractivity contribution < 1.29 is 4.79 Å². The third kappa shape index (κ3) is 2.77. The number of hydrogen-bond donors (Lipinski definition) is 2. The number of amides is 1. The van der Waals surface area contributed by atoms with Crippen molar-refractivity contribution in [2.24, 2.45) is 0 Å². The molecule has 108 valence electrons. The highest BCUT2D eigenvalue weighted by molar-refractivity contribution is 7.21. The Kier molecular flexibility index (Phi) is 3.90. The van der Waals surface area contributed by atoms with E-state index in [9.17, 15) is 4.79 Å². The van der Waals surface area contributed by atoms with Gasteiger partial charge in [-0.15, -0.1) is 22.7 Å². The molecule has 4 nitrogen and oxygen atoms in total. The van der Waals surface area contributed by atoms with Crippen LogP contribution in [0.5, 0.6) is 0 Å². The van der Waals surface area contributed by atoms with Crippen molar-refractivity contribution >= 4 is 44.4 Å². The molecule has 0 bridgehead atoms. The molecule has 0 radical (unpaired) electrons. The van der Waals surface area contributed by atoms with Gasteiger partial charge in [-0.2, -0.15) is 0 Å². The van der Waals surface area contributed by atoms with Crippen molar-refractivity contribution in [2.45, 2.75) is 19.9 Å². The predicted octanol–water partition coefficient (Wildman–Crippen LogP) is 3.43. The number of anilines is 1. The van der Waals surface area contributed by atoms with Crippen molar-refractivity contribution in [3.05, 3.63) is 45.2 Å². The van der Waals surface area contributed by atoms with E-state index in [1.165, 1.54) is 16.2 Å². The maximum absolute atomic E-state index is 12.3. The van der Waals surface area contributed by atoms with Crippen LogP contribution in [0.2, 0.25) is 0 Å². The Hall–Kier alpha value is -1.92. The predicted molar refractivity (Wildman–Crippen MR) is 88.9 cm³/mol. The molecule has 0 unspecified atom stereocenters. The van der Waals surface area contributed by atoms with E-state index in [2.05, 4.69) is 29.4 Å². The molecule has 0 aliphatic carbocycles. The lowest BCUT2D eigenvalue weighted by Crippen LogP contribution is -2.22. The molecule has 3 aromatic heterocycles. The van der Waals surface area contributed by atoms with Crippen LogP contribution in [0.3, 0.4) is 0 Å². The lowest BCUT2D eigenvalue weighted by Gasteiger charge is -2.02. The van der Waals surface area contributed by atoms with Gasteiger partial charge in [0.1, 0.15) is 4.88 Å². The lowest BCUT2D eigenvalue weighted by molar-refractivity contribution is 0.0956. The first kappa shape index (κ1) is 14.0. The number of thiophene rings is 2. The normalized spacial score (nSPS) is 10.9. The minimum atomic E-state index is -0.125. The van der Waals surface area contributed by atoms with Crippen molar-refractivity contribution in [1.82, 2.24) is 10.3 Å².